The molecule has 70 heavy (non-hydrogen) atoms. The van der Waals surface area contributed by atoms with Gasteiger partial charge in [0, 0.05) is 34.9 Å². The number of aromatic nitrogens is 5. The minimum absolute atomic E-state index is 0. The first-order chi connectivity index (χ1) is 33.8. The zero-order valence-electron chi connectivity index (χ0n) is 37.0. The Balaban J connectivity index is 0.00000567. The van der Waals surface area contributed by atoms with Crippen molar-refractivity contribution in [2.75, 3.05) is 0 Å². The van der Waals surface area contributed by atoms with Crippen LogP contribution in [0.4, 0.5) is 17.6 Å². The van der Waals surface area contributed by atoms with E-state index in [2.05, 4.69) is 98.8 Å². The van der Waals surface area contributed by atoms with Crippen molar-refractivity contribution in [2.45, 2.75) is 25.7 Å². The van der Waals surface area contributed by atoms with Crippen LogP contribution < -0.4 is 0 Å². The van der Waals surface area contributed by atoms with Crippen molar-refractivity contribution in [1.82, 2.24) is 24.9 Å². The third kappa shape index (κ3) is 9.54. The first-order valence-corrected chi connectivity index (χ1v) is 22.3. The molecule has 11 rings (SSSR count). The van der Waals surface area contributed by atoms with Crippen molar-refractivity contribution >= 4 is 21.9 Å². The van der Waals surface area contributed by atoms with Gasteiger partial charge in [0.05, 0.1) is 0 Å². The van der Waals surface area contributed by atoms with E-state index < -0.39 is 23.8 Å². The van der Waals surface area contributed by atoms with Crippen LogP contribution in [0.2, 0.25) is 0 Å². The number of furan rings is 1. The summed E-state index contributed by atoms with van der Waals surface area (Å²) < 4.78 is 62.3. The molecule has 0 radical (unpaired) electrons. The van der Waals surface area contributed by atoms with E-state index in [-0.39, 0.29) is 31.2 Å². The first-order valence-electron chi connectivity index (χ1n) is 22.3. The number of fused-ring (bicyclic) bond motifs is 3. The molecule has 6 nitrogen and oxygen atoms in total. The Kier molecular flexibility index (Phi) is 13.0. The fraction of sp³-hybridized carbons (Fsp3) is 0.0678. The SMILES string of the molecule is Fc1c[c-]c(-c2ccc(CCc3cc(CCc4ccc(-c5[c-]cc(F)nc5F)nc4)cc(-c4ccccc4-c4cnc(-c5[c-]cccc5)cc4-c4ccc5c(c4)oc4ccccc45)c3)cn2)c(F)n1.[Ir+3]. The van der Waals surface area contributed by atoms with Crippen molar-refractivity contribution in [3.63, 3.8) is 0 Å². The zero-order valence-corrected chi connectivity index (χ0v) is 39.4. The molecular weight excluding hydrogens is 1060 g/mol. The summed E-state index contributed by atoms with van der Waals surface area (Å²) in [5.74, 6) is -3.83. The van der Waals surface area contributed by atoms with E-state index >= 15 is 0 Å². The summed E-state index contributed by atoms with van der Waals surface area (Å²) in [7, 11) is 0. The fourth-order valence-electron chi connectivity index (χ4n) is 8.80. The number of nitrogens with zero attached hydrogens (tertiary/aromatic N) is 5. The summed E-state index contributed by atoms with van der Waals surface area (Å²) in [6.07, 6.45) is 7.95. The Morgan fingerprint density at radius 2 is 1.01 bits per heavy atom. The Bertz CT molecular complexity index is 3560. The van der Waals surface area contributed by atoms with Crippen LogP contribution in [-0.2, 0) is 45.8 Å². The van der Waals surface area contributed by atoms with Crippen LogP contribution in [0.1, 0.15) is 22.3 Å². The molecule has 0 bridgehead atoms. The number of benzene rings is 5. The molecule has 0 fully saturated rings. The van der Waals surface area contributed by atoms with Gasteiger partial charge in [-0.25, -0.2) is 17.6 Å². The Morgan fingerprint density at radius 3 is 1.63 bits per heavy atom. The summed E-state index contributed by atoms with van der Waals surface area (Å²) in [6, 6.07) is 57.0. The fourth-order valence-corrected chi connectivity index (χ4v) is 8.80. The number of rotatable bonds is 12. The van der Waals surface area contributed by atoms with Crippen molar-refractivity contribution in [1.29, 1.82) is 0 Å². The van der Waals surface area contributed by atoms with Crippen LogP contribution in [0.5, 0.6) is 0 Å². The molecule has 11 heteroatoms. The molecule has 0 aliphatic rings. The van der Waals surface area contributed by atoms with Crippen LogP contribution in [-0.4, -0.2) is 24.9 Å². The molecule has 6 heterocycles. The van der Waals surface area contributed by atoms with Gasteiger partial charge in [-0.05, 0) is 111 Å². The first kappa shape index (κ1) is 45.8. The normalized spacial score (nSPS) is 11.3. The average Bonchev–Trinajstić information content (AvgIpc) is 3.76. The van der Waals surface area contributed by atoms with Crippen LogP contribution in [0.25, 0.3) is 89.1 Å². The second kappa shape index (κ2) is 19.9. The summed E-state index contributed by atoms with van der Waals surface area (Å²) in [5, 5.41) is 2.10. The van der Waals surface area contributed by atoms with Gasteiger partial charge in [-0.1, -0.05) is 120 Å². The molecule has 0 saturated heterocycles. The number of hydrogen-bond donors (Lipinski definition) is 0. The number of halogens is 4. The molecule has 0 aliphatic heterocycles. The number of para-hydroxylation sites is 1. The number of hydrogen-bond acceptors (Lipinski definition) is 6. The van der Waals surface area contributed by atoms with Gasteiger partial charge >= 0.3 is 20.1 Å². The summed E-state index contributed by atoms with van der Waals surface area (Å²) >= 11 is 0. The number of pyridine rings is 5. The maximum Gasteiger partial charge on any atom is 3.00 e. The Morgan fingerprint density at radius 1 is 0.429 bits per heavy atom. The topological polar surface area (TPSA) is 77.6 Å². The second-order valence-electron chi connectivity index (χ2n) is 16.7. The largest absolute Gasteiger partial charge is 3.00 e. The molecule has 0 atom stereocenters. The van der Waals surface area contributed by atoms with Crippen LogP contribution in [0.3, 0.4) is 0 Å². The third-order valence-electron chi connectivity index (χ3n) is 12.2. The minimum atomic E-state index is -0.968. The predicted octanol–water partition coefficient (Wildman–Crippen LogP) is 14.1. The summed E-state index contributed by atoms with van der Waals surface area (Å²) in [5.41, 5.74) is 13.9. The Labute approximate surface area is 414 Å². The van der Waals surface area contributed by atoms with Crippen molar-refractivity contribution in [3.8, 4) is 67.2 Å². The van der Waals surface area contributed by atoms with Gasteiger partial charge in [0.15, 0.2) is 0 Å². The van der Waals surface area contributed by atoms with Gasteiger partial charge in [0.1, 0.15) is 35.0 Å². The van der Waals surface area contributed by atoms with Crippen molar-refractivity contribution < 1.29 is 42.1 Å². The molecule has 0 aliphatic carbocycles. The quantitative estimate of drug-likeness (QED) is 0.0689. The molecule has 0 amide bonds. The van der Waals surface area contributed by atoms with Gasteiger partial charge < -0.3 is 19.4 Å². The summed E-state index contributed by atoms with van der Waals surface area (Å²) in [6.45, 7) is 0. The standard InChI is InChI=1S/C59H36F4N5O.Ir/c60-56-26-22-47(58(62)67-56)51-24-18-36(33-64-51)14-16-38-28-39(17-15-37-19-25-52(65-34-37)48-23-27-57(61)68-59(48)63)30-42(29-38)43-10-4-5-11-44(43)50-35-66-53(40-8-2-1-3-9-40)32-49(50)41-20-21-46-45-12-6-7-13-54(45)69-55(46)31-41;/h1-8,10-13,18-21,24-35H,14-17H2;/q-3;+3. The molecule has 0 spiro atoms. The van der Waals surface area contributed by atoms with Crippen LogP contribution in [0.15, 0.2) is 175 Å². The second-order valence-corrected chi connectivity index (χ2v) is 16.7. The maximum absolute atomic E-state index is 14.5. The van der Waals surface area contributed by atoms with E-state index in [1.54, 1.807) is 24.5 Å². The third-order valence-corrected chi connectivity index (χ3v) is 12.2. The van der Waals surface area contributed by atoms with Gasteiger partial charge in [-0.3, -0.25) is 9.97 Å². The molecule has 0 unspecified atom stereocenters. The van der Waals surface area contributed by atoms with E-state index in [1.807, 2.05) is 72.9 Å². The monoisotopic (exact) mass is 1100 g/mol. The molecule has 11 aromatic rings. The van der Waals surface area contributed by atoms with E-state index in [9.17, 15) is 17.6 Å². The summed E-state index contributed by atoms with van der Waals surface area (Å²) in [4.78, 5) is 20.5. The van der Waals surface area contributed by atoms with E-state index in [0.717, 1.165) is 101 Å². The van der Waals surface area contributed by atoms with Gasteiger partial charge in [0.25, 0.3) is 0 Å². The van der Waals surface area contributed by atoms with Crippen molar-refractivity contribution in [2.24, 2.45) is 0 Å². The van der Waals surface area contributed by atoms with Gasteiger partial charge in [-0.2, -0.15) is 0 Å². The van der Waals surface area contributed by atoms with E-state index in [1.165, 1.54) is 0 Å². The predicted molar refractivity (Wildman–Crippen MR) is 259 cm³/mol. The average molecular weight is 1100 g/mol. The van der Waals surface area contributed by atoms with E-state index in [0.29, 0.717) is 37.1 Å². The molecule has 340 valence electrons. The van der Waals surface area contributed by atoms with Crippen LogP contribution >= 0.6 is 0 Å². The van der Waals surface area contributed by atoms with Gasteiger partial charge in [0.2, 0.25) is 0 Å². The molecule has 6 aromatic heterocycles. The minimum Gasteiger partial charge on any atom is -0.456 e. The number of aryl methyl sites for hydroxylation is 4. The zero-order chi connectivity index (χ0) is 46.8. The molecular formula is C59H36F4IrN5O. The molecule has 0 saturated carbocycles. The van der Waals surface area contributed by atoms with E-state index in [4.69, 9.17) is 9.40 Å². The van der Waals surface area contributed by atoms with Crippen LogP contribution in [0, 0.1) is 42.0 Å². The molecule has 0 N–H and O–H groups in total. The maximum atomic E-state index is 14.5. The van der Waals surface area contributed by atoms with Gasteiger partial charge in [-0.15, -0.1) is 48.0 Å². The molecule has 5 aromatic carbocycles. The Hall–Kier alpha value is -7.98. The van der Waals surface area contributed by atoms with Crippen molar-refractivity contribution in [3.05, 3.63) is 234 Å². The smallest absolute Gasteiger partial charge is 0.456 e.